The quantitative estimate of drug-likeness (QED) is 0.356. The molecule has 0 aliphatic heterocycles. The van der Waals surface area contributed by atoms with Crippen molar-refractivity contribution in [2.75, 3.05) is 5.73 Å². The molecule has 2 aromatic carbocycles. The van der Waals surface area contributed by atoms with Crippen molar-refractivity contribution in [3.8, 4) is 11.8 Å². The van der Waals surface area contributed by atoms with Gasteiger partial charge in [0.05, 0.1) is 24.1 Å². The van der Waals surface area contributed by atoms with Crippen LogP contribution in [0.25, 0.3) is 0 Å². The van der Waals surface area contributed by atoms with Crippen molar-refractivity contribution in [2.45, 2.75) is 39.2 Å². The van der Waals surface area contributed by atoms with E-state index in [2.05, 4.69) is 15.0 Å². The molecule has 3 N–H and O–H groups in total. The Morgan fingerprint density at radius 2 is 1.72 bits per heavy atom. The van der Waals surface area contributed by atoms with Crippen LogP contribution in [0.3, 0.4) is 0 Å². The smallest absolute Gasteiger partial charge is 0.322 e. The Labute approximate surface area is 208 Å². The molecular weight excluding hydrogens is 461 g/mol. The summed E-state index contributed by atoms with van der Waals surface area (Å²) in [6, 6.07) is 15.0. The van der Waals surface area contributed by atoms with Crippen LogP contribution in [-0.2, 0) is 16.8 Å². The first-order chi connectivity index (χ1) is 17.1. The topological polar surface area (TPSA) is 116 Å². The van der Waals surface area contributed by atoms with Gasteiger partial charge in [0.15, 0.2) is 5.95 Å². The molecule has 0 saturated heterocycles. The highest BCUT2D eigenvalue weighted by atomic mass is 19.1. The van der Waals surface area contributed by atoms with Gasteiger partial charge in [0, 0.05) is 18.6 Å². The number of hydrogen-bond acceptors (Lipinski definition) is 6. The van der Waals surface area contributed by atoms with Crippen molar-refractivity contribution in [1.29, 1.82) is 0 Å². The van der Waals surface area contributed by atoms with E-state index < -0.39 is 22.6 Å². The normalized spacial score (nSPS) is 13.2. The van der Waals surface area contributed by atoms with E-state index in [1.807, 2.05) is 37.5 Å². The molecule has 9 heteroatoms. The lowest BCUT2D eigenvalue weighted by molar-refractivity contribution is -0.139. The molecule has 0 fully saturated rings. The number of carboxylic acids is 1. The largest absolute Gasteiger partial charge is 0.481 e. The van der Waals surface area contributed by atoms with Crippen molar-refractivity contribution < 1.29 is 19.0 Å². The van der Waals surface area contributed by atoms with Crippen LogP contribution in [0.4, 0.5) is 10.3 Å². The van der Waals surface area contributed by atoms with Crippen LogP contribution in [0, 0.1) is 11.2 Å². The number of carboxylic acid groups (broad SMARTS) is 1. The van der Waals surface area contributed by atoms with Crippen molar-refractivity contribution in [1.82, 2.24) is 19.5 Å². The Morgan fingerprint density at radius 3 is 2.31 bits per heavy atom. The standard InChI is InChI=1S/C27H28FN5O3/c1-26(2,3)27(16-23(34)35,19-6-8-20(28)9-7-19)22-12-13-31-25(32-22)36-21-10-4-18(5-11-21)17-33-15-14-30-24(33)29/h4-15H,16-17H2,1-3H3,(H2,29,30)(H,34,35). The second-order valence-corrected chi connectivity index (χ2v) is 9.62. The Hall–Kier alpha value is -4.27. The molecule has 0 aliphatic carbocycles. The Balaban J connectivity index is 1.67. The van der Waals surface area contributed by atoms with Gasteiger partial charge in [-0.3, -0.25) is 4.79 Å². The van der Waals surface area contributed by atoms with Gasteiger partial charge >= 0.3 is 12.0 Å². The number of ether oxygens (including phenoxy) is 1. The maximum absolute atomic E-state index is 13.7. The fourth-order valence-electron chi connectivity index (χ4n) is 4.45. The fourth-order valence-corrected chi connectivity index (χ4v) is 4.45. The van der Waals surface area contributed by atoms with Gasteiger partial charge in [0.1, 0.15) is 11.6 Å². The van der Waals surface area contributed by atoms with E-state index in [0.717, 1.165) is 5.56 Å². The number of nitrogens with two attached hydrogens (primary N) is 1. The summed E-state index contributed by atoms with van der Waals surface area (Å²) in [5.74, 6) is -0.437. The summed E-state index contributed by atoms with van der Waals surface area (Å²) < 4.78 is 21.5. The number of halogens is 1. The molecule has 186 valence electrons. The maximum Gasteiger partial charge on any atom is 0.322 e. The summed E-state index contributed by atoms with van der Waals surface area (Å²) in [6.07, 6.45) is 4.74. The molecule has 2 aromatic heterocycles. The second-order valence-electron chi connectivity index (χ2n) is 9.62. The van der Waals surface area contributed by atoms with Gasteiger partial charge in [-0.15, -0.1) is 0 Å². The molecule has 4 rings (SSSR count). The van der Waals surface area contributed by atoms with E-state index in [9.17, 15) is 14.3 Å². The van der Waals surface area contributed by atoms with Crippen LogP contribution in [-0.4, -0.2) is 30.6 Å². The number of benzene rings is 2. The lowest BCUT2D eigenvalue weighted by atomic mass is 9.59. The van der Waals surface area contributed by atoms with Crippen LogP contribution >= 0.6 is 0 Å². The van der Waals surface area contributed by atoms with E-state index in [-0.39, 0.29) is 12.4 Å². The third kappa shape index (κ3) is 5.05. The van der Waals surface area contributed by atoms with Gasteiger partial charge in [-0.05, 0) is 46.9 Å². The van der Waals surface area contributed by atoms with E-state index in [0.29, 0.717) is 29.5 Å². The number of rotatable bonds is 8. The molecule has 36 heavy (non-hydrogen) atoms. The molecule has 0 saturated carbocycles. The van der Waals surface area contributed by atoms with Gasteiger partial charge in [0.2, 0.25) is 0 Å². The fraction of sp³-hybridized carbons (Fsp3) is 0.259. The first-order valence-corrected chi connectivity index (χ1v) is 11.4. The third-order valence-electron chi connectivity index (χ3n) is 6.34. The van der Waals surface area contributed by atoms with E-state index in [1.54, 1.807) is 48.9 Å². The molecule has 0 radical (unpaired) electrons. The summed E-state index contributed by atoms with van der Waals surface area (Å²) in [4.78, 5) is 25.0. The van der Waals surface area contributed by atoms with Crippen molar-refractivity contribution in [3.63, 3.8) is 0 Å². The van der Waals surface area contributed by atoms with Gasteiger partial charge in [-0.1, -0.05) is 45.0 Å². The predicted octanol–water partition coefficient (Wildman–Crippen LogP) is 5.04. The predicted molar refractivity (Wildman–Crippen MR) is 133 cm³/mol. The molecule has 0 amide bonds. The number of hydrogen-bond donors (Lipinski definition) is 2. The number of aliphatic carboxylic acids is 1. The Morgan fingerprint density at radius 1 is 1.03 bits per heavy atom. The zero-order valence-corrected chi connectivity index (χ0v) is 20.4. The van der Waals surface area contributed by atoms with Crippen molar-refractivity contribution >= 4 is 11.9 Å². The lowest BCUT2D eigenvalue weighted by Gasteiger charge is -2.44. The van der Waals surface area contributed by atoms with E-state index >= 15 is 0 Å². The monoisotopic (exact) mass is 489 g/mol. The Bertz CT molecular complexity index is 1350. The first-order valence-electron chi connectivity index (χ1n) is 11.4. The summed E-state index contributed by atoms with van der Waals surface area (Å²) in [5, 5.41) is 9.87. The van der Waals surface area contributed by atoms with Crippen LogP contribution in [0.15, 0.2) is 73.2 Å². The molecule has 0 spiro atoms. The lowest BCUT2D eigenvalue weighted by Crippen LogP contribution is -2.44. The van der Waals surface area contributed by atoms with Gasteiger partial charge in [0.25, 0.3) is 0 Å². The van der Waals surface area contributed by atoms with Gasteiger partial charge in [-0.25, -0.2) is 14.4 Å². The summed E-state index contributed by atoms with van der Waals surface area (Å²) >= 11 is 0. The minimum atomic E-state index is -1.07. The van der Waals surface area contributed by atoms with Gasteiger partial charge in [-0.2, -0.15) is 4.98 Å². The highest BCUT2D eigenvalue weighted by Crippen LogP contribution is 2.49. The number of nitrogen functional groups attached to an aromatic ring is 1. The first kappa shape index (κ1) is 24.8. The molecule has 0 bridgehead atoms. The molecule has 0 aliphatic rings. The average Bonchev–Trinajstić information content (AvgIpc) is 3.23. The molecule has 1 unspecified atom stereocenters. The number of anilines is 1. The summed E-state index contributed by atoms with van der Waals surface area (Å²) in [5.41, 5.74) is 6.30. The zero-order valence-electron chi connectivity index (χ0n) is 20.4. The minimum Gasteiger partial charge on any atom is -0.481 e. The maximum atomic E-state index is 13.7. The highest BCUT2D eigenvalue weighted by molar-refractivity contribution is 5.71. The van der Waals surface area contributed by atoms with Crippen LogP contribution in [0.5, 0.6) is 11.8 Å². The van der Waals surface area contributed by atoms with Crippen LogP contribution in [0.2, 0.25) is 0 Å². The van der Waals surface area contributed by atoms with Crippen LogP contribution < -0.4 is 10.5 Å². The summed E-state index contributed by atoms with van der Waals surface area (Å²) in [6.45, 7) is 6.38. The second kappa shape index (κ2) is 9.77. The van der Waals surface area contributed by atoms with E-state index in [4.69, 9.17) is 10.5 Å². The molecule has 8 nitrogen and oxygen atoms in total. The van der Waals surface area contributed by atoms with Crippen LogP contribution in [0.1, 0.15) is 44.0 Å². The molecular formula is C27H28FN5O3. The number of nitrogens with zero attached hydrogens (tertiary/aromatic N) is 4. The SMILES string of the molecule is CC(C)(C)C(CC(=O)O)(c1ccc(F)cc1)c1ccnc(Oc2ccc(Cn3ccnc3N)cc2)n1. The molecule has 2 heterocycles. The summed E-state index contributed by atoms with van der Waals surface area (Å²) in [7, 11) is 0. The van der Waals surface area contributed by atoms with Crippen molar-refractivity contribution in [2.24, 2.45) is 5.41 Å². The third-order valence-corrected chi connectivity index (χ3v) is 6.34. The minimum absolute atomic E-state index is 0.0835. The Kier molecular flexibility index (Phi) is 6.74. The molecule has 1 atom stereocenters. The van der Waals surface area contributed by atoms with E-state index in [1.165, 1.54) is 12.1 Å². The van der Waals surface area contributed by atoms with Gasteiger partial charge < -0.3 is 20.1 Å². The number of imidazole rings is 1. The van der Waals surface area contributed by atoms with Crippen molar-refractivity contribution in [3.05, 3.63) is 95.8 Å². The number of carbonyl (C=O) groups is 1. The molecule has 4 aromatic rings. The number of aromatic nitrogens is 4. The zero-order chi connectivity index (χ0) is 25.9. The average molecular weight is 490 g/mol. The highest BCUT2D eigenvalue weighted by Gasteiger charge is 2.48.